The number of piperidine rings is 1. The maximum atomic E-state index is 12.8. The Labute approximate surface area is 148 Å². The summed E-state index contributed by atoms with van der Waals surface area (Å²) in [7, 11) is -3.53. The van der Waals surface area contributed by atoms with Crippen LogP contribution in [0.25, 0.3) is 0 Å². The summed E-state index contributed by atoms with van der Waals surface area (Å²) in [4.78, 5) is 0.183. The Bertz CT molecular complexity index is 658. The molecule has 2 aliphatic rings. The summed E-state index contributed by atoms with van der Waals surface area (Å²) < 4.78 is 27.1. The van der Waals surface area contributed by atoms with Crippen LogP contribution in [-0.2, 0) is 10.0 Å². The maximum absolute atomic E-state index is 12.8. The molecule has 0 bridgehead atoms. The van der Waals surface area contributed by atoms with Crippen LogP contribution >= 0.6 is 23.2 Å². The van der Waals surface area contributed by atoms with Crippen molar-refractivity contribution in [1.29, 1.82) is 0 Å². The number of hydrogen-bond donors (Lipinski definition) is 1. The third-order valence-electron chi connectivity index (χ3n) is 4.74. The molecule has 3 rings (SSSR count). The first-order valence-electron chi connectivity index (χ1n) is 8.07. The van der Waals surface area contributed by atoms with Gasteiger partial charge in [0.15, 0.2) is 0 Å². The molecule has 0 atom stereocenters. The predicted molar refractivity (Wildman–Crippen MR) is 93.7 cm³/mol. The van der Waals surface area contributed by atoms with Crippen LogP contribution in [0, 0.1) is 12.8 Å². The molecule has 0 radical (unpaired) electrons. The first-order valence-corrected chi connectivity index (χ1v) is 10.3. The fraction of sp³-hybridized carbons (Fsp3) is 0.625. The minimum absolute atomic E-state index is 0.183. The number of nitrogens with one attached hydrogen (secondary N) is 1. The largest absolute Gasteiger partial charge is 0.314 e. The van der Waals surface area contributed by atoms with Crippen LogP contribution < -0.4 is 5.32 Å². The zero-order valence-corrected chi connectivity index (χ0v) is 15.5. The number of sulfonamides is 1. The van der Waals surface area contributed by atoms with E-state index < -0.39 is 10.0 Å². The molecule has 1 N–H and O–H groups in total. The van der Waals surface area contributed by atoms with Gasteiger partial charge in [0.2, 0.25) is 10.0 Å². The van der Waals surface area contributed by atoms with Crippen molar-refractivity contribution in [3.05, 3.63) is 27.7 Å². The SMILES string of the molecule is Cc1c(Cl)cc(S(=O)(=O)N2CCC(NCC3CC3)CC2)cc1Cl. The van der Waals surface area contributed by atoms with Crippen molar-refractivity contribution in [3.8, 4) is 0 Å². The number of hydrogen-bond acceptors (Lipinski definition) is 3. The summed E-state index contributed by atoms with van der Waals surface area (Å²) in [5, 5.41) is 4.33. The van der Waals surface area contributed by atoms with Gasteiger partial charge >= 0.3 is 0 Å². The Morgan fingerprint density at radius 3 is 2.22 bits per heavy atom. The normalized spacial score (nSPS) is 20.8. The van der Waals surface area contributed by atoms with Crippen LogP contribution in [0.3, 0.4) is 0 Å². The molecule has 1 aliphatic heterocycles. The number of rotatable bonds is 5. The molecule has 1 aliphatic carbocycles. The zero-order chi connectivity index (χ0) is 16.6. The fourth-order valence-corrected chi connectivity index (χ4v) is 5.02. The second-order valence-corrected chi connectivity index (χ2v) is 9.29. The number of benzene rings is 1. The second kappa shape index (κ2) is 6.89. The Balaban J connectivity index is 1.66. The minimum atomic E-state index is -3.53. The van der Waals surface area contributed by atoms with Crippen molar-refractivity contribution in [2.75, 3.05) is 19.6 Å². The van der Waals surface area contributed by atoms with Gasteiger partial charge in [-0.05, 0) is 62.8 Å². The molecule has 0 amide bonds. The Kier molecular flexibility index (Phi) is 5.24. The Morgan fingerprint density at radius 2 is 1.70 bits per heavy atom. The van der Waals surface area contributed by atoms with E-state index in [1.807, 2.05) is 0 Å². The summed E-state index contributed by atoms with van der Waals surface area (Å²) >= 11 is 12.2. The Hall–Kier alpha value is -0.330. The maximum Gasteiger partial charge on any atom is 0.243 e. The van der Waals surface area contributed by atoms with E-state index in [0.29, 0.717) is 34.7 Å². The lowest BCUT2D eigenvalue weighted by atomic mass is 10.1. The molecule has 4 nitrogen and oxygen atoms in total. The monoisotopic (exact) mass is 376 g/mol. The molecule has 2 fully saturated rings. The molecule has 0 unspecified atom stereocenters. The van der Waals surface area contributed by atoms with Crippen molar-refractivity contribution in [2.24, 2.45) is 5.92 Å². The molecule has 7 heteroatoms. The van der Waals surface area contributed by atoms with Crippen LogP contribution in [0.1, 0.15) is 31.2 Å². The average Bonchev–Trinajstić information content (AvgIpc) is 3.35. The highest BCUT2D eigenvalue weighted by Crippen LogP contribution is 2.31. The first kappa shape index (κ1) is 17.5. The van der Waals surface area contributed by atoms with Gasteiger partial charge in [-0.2, -0.15) is 4.31 Å². The van der Waals surface area contributed by atoms with Gasteiger partial charge in [-0.25, -0.2) is 8.42 Å². The van der Waals surface area contributed by atoms with E-state index in [1.165, 1.54) is 25.0 Å². The fourth-order valence-electron chi connectivity index (χ4n) is 2.88. The lowest BCUT2D eigenvalue weighted by Crippen LogP contribution is -2.45. The van der Waals surface area contributed by atoms with Crippen LogP contribution in [0.5, 0.6) is 0 Å². The standard InChI is InChI=1S/C16H22Cl2N2O2S/c1-11-15(17)8-14(9-16(11)18)23(21,22)20-6-4-13(5-7-20)19-10-12-2-3-12/h8-9,12-13,19H,2-7,10H2,1H3. The van der Waals surface area contributed by atoms with Crippen LogP contribution in [-0.4, -0.2) is 38.4 Å². The van der Waals surface area contributed by atoms with E-state index in [9.17, 15) is 8.42 Å². The van der Waals surface area contributed by atoms with Crippen LogP contribution in [0.2, 0.25) is 10.0 Å². The quantitative estimate of drug-likeness (QED) is 0.855. The highest BCUT2D eigenvalue weighted by atomic mass is 35.5. The highest BCUT2D eigenvalue weighted by molar-refractivity contribution is 7.89. The van der Waals surface area contributed by atoms with Gasteiger partial charge < -0.3 is 5.32 Å². The summed E-state index contributed by atoms with van der Waals surface area (Å²) in [5.41, 5.74) is 0.704. The van der Waals surface area contributed by atoms with Crippen molar-refractivity contribution >= 4 is 33.2 Å². The van der Waals surface area contributed by atoms with E-state index in [-0.39, 0.29) is 4.90 Å². The second-order valence-electron chi connectivity index (χ2n) is 6.54. The van der Waals surface area contributed by atoms with Gasteiger partial charge in [0.1, 0.15) is 0 Å². The van der Waals surface area contributed by atoms with E-state index in [2.05, 4.69) is 5.32 Å². The van der Waals surface area contributed by atoms with Gasteiger partial charge in [0.25, 0.3) is 0 Å². The summed E-state index contributed by atoms with van der Waals surface area (Å²) in [6, 6.07) is 3.41. The molecule has 1 saturated heterocycles. The molecular formula is C16H22Cl2N2O2S. The van der Waals surface area contributed by atoms with Gasteiger partial charge in [-0.3, -0.25) is 0 Å². The smallest absolute Gasteiger partial charge is 0.243 e. The Morgan fingerprint density at radius 1 is 1.13 bits per heavy atom. The number of nitrogens with zero attached hydrogens (tertiary/aromatic N) is 1. The third-order valence-corrected chi connectivity index (χ3v) is 7.40. The lowest BCUT2D eigenvalue weighted by molar-refractivity contribution is 0.288. The molecule has 23 heavy (non-hydrogen) atoms. The summed E-state index contributed by atoms with van der Waals surface area (Å²) in [6.07, 6.45) is 4.35. The van der Waals surface area contributed by atoms with Crippen LogP contribution in [0.4, 0.5) is 0 Å². The van der Waals surface area contributed by atoms with Gasteiger partial charge in [-0.1, -0.05) is 23.2 Å². The molecule has 1 heterocycles. The first-order chi connectivity index (χ1) is 10.9. The average molecular weight is 377 g/mol. The molecular weight excluding hydrogens is 355 g/mol. The molecule has 1 saturated carbocycles. The lowest BCUT2D eigenvalue weighted by Gasteiger charge is -2.32. The molecule has 1 aromatic carbocycles. The van der Waals surface area contributed by atoms with Crippen molar-refractivity contribution < 1.29 is 8.42 Å². The van der Waals surface area contributed by atoms with E-state index in [1.54, 1.807) is 11.2 Å². The number of halogens is 2. The van der Waals surface area contributed by atoms with Crippen molar-refractivity contribution in [3.63, 3.8) is 0 Å². The van der Waals surface area contributed by atoms with E-state index in [4.69, 9.17) is 23.2 Å². The van der Waals surface area contributed by atoms with Crippen molar-refractivity contribution in [2.45, 2.75) is 43.5 Å². The van der Waals surface area contributed by atoms with Gasteiger partial charge in [-0.15, -0.1) is 0 Å². The van der Waals surface area contributed by atoms with Crippen molar-refractivity contribution in [1.82, 2.24) is 9.62 Å². The van der Waals surface area contributed by atoms with Gasteiger partial charge in [0.05, 0.1) is 4.90 Å². The molecule has 128 valence electrons. The summed E-state index contributed by atoms with van der Waals surface area (Å²) in [5.74, 6) is 0.841. The molecule has 1 aromatic rings. The minimum Gasteiger partial charge on any atom is -0.314 e. The third kappa shape index (κ3) is 4.02. The molecule has 0 spiro atoms. The summed E-state index contributed by atoms with van der Waals surface area (Å²) in [6.45, 7) is 3.92. The highest BCUT2D eigenvalue weighted by Gasteiger charge is 2.31. The predicted octanol–water partition coefficient (Wildman–Crippen LogP) is 3.45. The van der Waals surface area contributed by atoms with Crippen LogP contribution in [0.15, 0.2) is 17.0 Å². The van der Waals surface area contributed by atoms with Gasteiger partial charge in [0, 0.05) is 29.2 Å². The topological polar surface area (TPSA) is 49.4 Å². The van der Waals surface area contributed by atoms with E-state index in [0.717, 1.165) is 25.3 Å². The molecule has 0 aromatic heterocycles. The van der Waals surface area contributed by atoms with E-state index >= 15 is 0 Å². The zero-order valence-electron chi connectivity index (χ0n) is 13.2.